The molecule has 18 heavy (non-hydrogen) atoms. The smallest absolute Gasteiger partial charge is 0.243 e. The number of hydrogen-bond acceptors (Lipinski definition) is 4. The highest BCUT2D eigenvalue weighted by atomic mass is 79.9. The molecule has 0 atom stereocenters. The minimum absolute atomic E-state index is 0.600. The van der Waals surface area contributed by atoms with Crippen LogP contribution in [-0.2, 0) is 13.6 Å². The minimum atomic E-state index is 0.600. The molecule has 0 spiro atoms. The predicted octanol–water partition coefficient (Wildman–Crippen LogP) is 1.84. The molecule has 7 heteroatoms. The fourth-order valence-corrected chi connectivity index (χ4v) is 2.12. The first-order valence-electron chi connectivity index (χ1n) is 5.46. The Morgan fingerprint density at radius 2 is 2.28 bits per heavy atom. The van der Waals surface area contributed by atoms with Crippen molar-refractivity contribution < 1.29 is 0 Å². The summed E-state index contributed by atoms with van der Waals surface area (Å²) < 4.78 is 4.47. The van der Waals surface area contributed by atoms with Crippen LogP contribution >= 0.6 is 15.9 Å². The zero-order valence-corrected chi connectivity index (χ0v) is 11.3. The Kier molecular flexibility index (Phi) is 2.75. The van der Waals surface area contributed by atoms with Crippen molar-refractivity contribution in [1.29, 1.82) is 0 Å². The van der Waals surface area contributed by atoms with E-state index < -0.39 is 0 Å². The van der Waals surface area contributed by atoms with Crippen molar-refractivity contribution in [2.75, 3.05) is 5.32 Å². The number of anilines is 1. The van der Waals surface area contributed by atoms with E-state index in [9.17, 15) is 0 Å². The number of aryl methyl sites for hydroxylation is 1. The zero-order valence-electron chi connectivity index (χ0n) is 9.71. The number of aromatic nitrogens is 5. The number of hydrogen-bond donors (Lipinski definition) is 1. The molecular formula is C11H11BrN6. The van der Waals surface area contributed by atoms with Gasteiger partial charge < -0.3 is 5.32 Å². The van der Waals surface area contributed by atoms with Gasteiger partial charge in [0.15, 0.2) is 5.65 Å². The molecule has 0 aromatic carbocycles. The van der Waals surface area contributed by atoms with E-state index in [1.807, 2.05) is 36.1 Å². The SMILES string of the molecule is Cn1nccc1CNc1nc2c(Br)cccn2n1. The van der Waals surface area contributed by atoms with E-state index in [0.29, 0.717) is 12.5 Å². The molecule has 3 rings (SSSR count). The van der Waals surface area contributed by atoms with Crippen molar-refractivity contribution in [1.82, 2.24) is 24.4 Å². The summed E-state index contributed by atoms with van der Waals surface area (Å²) in [5, 5.41) is 11.6. The Morgan fingerprint density at radius 3 is 3.00 bits per heavy atom. The summed E-state index contributed by atoms with van der Waals surface area (Å²) in [5.41, 5.74) is 1.87. The van der Waals surface area contributed by atoms with Gasteiger partial charge in [-0.15, -0.1) is 5.10 Å². The van der Waals surface area contributed by atoms with Crippen molar-refractivity contribution in [3.05, 3.63) is 40.8 Å². The van der Waals surface area contributed by atoms with E-state index in [0.717, 1.165) is 15.8 Å². The number of fused-ring (bicyclic) bond motifs is 1. The molecule has 3 heterocycles. The Morgan fingerprint density at radius 1 is 1.39 bits per heavy atom. The summed E-state index contributed by atoms with van der Waals surface area (Å²) in [7, 11) is 1.91. The molecule has 3 aromatic rings. The Labute approximate surface area is 112 Å². The standard InChI is InChI=1S/C11H11BrN6/c1-17-8(4-5-14-17)7-13-11-15-10-9(12)3-2-6-18(10)16-11/h2-6H,7H2,1H3,(H,13,16). The van der Waals surface area contributed by atoms with Crippen LogP contribution < -0.4 is 5.32 Å². The lowest BCUT2D eigenvalue weighted by molar-refractivity contribution is 0.719. The van der Waals surface area contributed by atoms with Gasteiger partial charge in [0.05, 0.1) is 16.7 Å². The summed E-state index contributed by atoms with van der Waals surface area (Å²) in [6.07, 6.45) is 3.63. The highest BCUT2D eigenvalue weighted by Gasteiger charge is 2.06. The van der Waals surface area contributed by atoms with Crippen molar-refractivity contribution in [2.45, 2.75) is 6.54 Å². The predicted molar refractivity (Wildman–Crippen MR) is 71.2 cm³/mol. The summed E-state index contributed by atoms with van der Waals surface area (Å²) in [4.78, 5) is 4.41. The van der Waals surface area contributed by atoms with Gasteiger partial charge in [-0.05, 0) is 34.1 Å². The van der Waals surface area contributed by atoms with Crippen LogP contribution in [0.3, 0.4) is 0 Å². The van der Waals surface area contributed by atoms with Crippen LogP contribution in [0.1, 0.15) is 5.69 Å². The number of nitrogens with one attached hydrogen (secondary N) is 1. The third-order valence-electron chi connectivity index (χ3n) is 2.66. The van der Waals surface area contributed by atoms with E-state index in [1.54, 1.807) is 10.7 Å². The van der Waals surface area contributed by atoms with E-state index >= 15 is 0 Å². The highest BCUT2D eigenvalue weighted by Crippen LogP contribution is 2.16. The maximum atomic E-state index is 4.41. The van der Waals surface area contributed by atoms with Crippen LogP contribution in [0.15, 0.2) is 35.1 Å². The Hall–Kier alpha value is -1.89. The van der Waals surface area contributed by atoms with Gasteiger partial charge in [-0.1, -0.05) is 0 Å². The van der Waals surface area contributed by atoms with E-state index in [-0.39, 0.29) is 0 Å². The summed E-state index contributed by atoms with van der Waals surface area (Å²) >= 11 is 3.45. The monoisotopic (exact) mass is 306 g/mol. The molecule has 0 saturated heterocycles. The molecule has 1 N–H and O–H groups in total. The molecule has 92 valence electrons. The molecule has 0 aliphatic rings. The van der Waals surface area contributed by atoms with Crippen molar-refractivity contribution in [3.63, 3.8) is 0 Å². The van der Waals surface area contributed by atoms with Gasteiger partial charge in [0, 0.05) is 19.4 Å². The van der Waals surface area contributed by atoms with Crippen LogP contribution in [0.4, 0.5) is 5.95 Å². The van der Waals surface area contributed by atoms with Crippen molar-refractivity contribution in [2.24, 2.45) is 7.05 Å². The van der Waals surface area contributed by atoms with Crippen molar-refractivity contribution in [3.8, 4) is 0 Å². The van der Waals surface area contributed by atoms with Crippen LogP contribution in [0.5, 0.6) is 0 Å². The van der Waals surface area contributed by atoms with Crippen molar-refractivity contribution >= 4 is 27.5 Å². The van der Waals surface area contributed by atoms with Crippen LogP contribution in [-0.4, -0.2) is 24.4 Å². The summed E-state index contributed by atoms with van der Waals surface area (Å²) in [6.45, 7) is 0.644. The average Bonchev–Trinajstić information content (AvgIpc) is 2.93. The highest BCUT2D eigenvalue weighted by molar-refractivity contribution is 9.10. The molecule has 0 amide bonds. The molecule has 0 aliphatic carbocycles. The maximum Gasteiger partial charge on any atom is 0.243 e. The summed E-state index contributed by atoms with van der Waals surface area (Å²) in [5.74, 6) is 0.600. The van der Waals surface area contributed by atoms with Crippen LogP contribution in [0.25, 0.3) is 5.65 Å². The lowest BCUT2D eigenvalue weighted by Gasteiger charge is -2.01. The Bertz CT molecular complexity index is 686. The molecule has 0 radical (unpaired) electrons. The van der Waals surface area contributed by atoms with Gasteiger partial charge in [-0.2, -0.15) is 10.1 Å². The molecule has 3 aromatic heterocycles. The molecular weight excluding hydrogens is 296 g/mol. The molecule has 6 nitrogen and oxygen atoms in total. The van der Waals surface area contributed by atoms with Gasteiger partial charge in [0.2, 0.25) is 5.95 Å². The number of rotatable bonds is 3. The number of nitrogens with zero attached hydrogens (tertiary/aromatic N) is 5. The molecule has 0 saturated carbocycles. The lowest BCUT2D eigenvalue weighted by Crippen LogP contribution is -2.06. The fourth-order valence-electron chi connectivity index (χ4n) is 1.69. The third-order valence-corrected chi connectivity index (χ3v) is 3.28. The first kappa shape index (κ1) is 11.2. The van der Waals surface area contributed by atoms with Crippen LogP contribution in [0.2, 0.25) is 0 Å². The maximum absolute atomic E-state index is 4.41. The number of halogens is 1. The minimum Gasteiger partial charge on any atom is -0.347 e. The normalized spacial score (nSPS) is 11.0. The topological polar surface area (TPSA) is 60.0 Å². The first-order chi connectivity index (χ1) is 8.74. The second kappa shape index (κ2) is 4.41. The van der Waals surface area contributed by atoms with Gasteiger partial charge in [0.1, 0.15) is 0 Å². The summed E-state index contributed by atoms with van der Waals surface area (Å²) in [6, 6.07) is 5.81. The average molecular weight is 307 g/mol. The Balaban J connectivity index is 1.83. The third kappa shape index (κ3) is 1.97. The second-order valence-electron chi connectivity index (χ2n) is 3.86. The van der Waals surface area contributed by atoms with Gasteiger partial charge >= 0.3 is 0 Å². The van der Waals surface area contributed by atoms with E-state index in [2.05, 4.69) is 36.4 Å². The second-order valence-corrected chi connectivity index (χ2v) is 4.71. The fraction of sp³-hybridized carbons (Fsp3) is 0.182. The van der Waals surface area contributed by atoms with Crippen LogP contribution in [0, 0.1) is 0 Å². The zero-order chi connectivity index (χ0) is 12.5. The van der Waals surface area contributed by atoms with E-state index in [4.69, 9.17) is 0 Å². The first-order valence-corrected chi connectivity index (χ1v) is 6.25. The van der Waals surface area contributed by atoms with Gasteiger partial charge in [0.25, 0.3) is 0 Å². The molecule has 0 fully saturated rings. The quantitative estimate of drug-likeness (QED) is 0.802. The molecule has 0 aliphatic heterocycles. The van der Waals surface area contributed by atoms with Gasteiger partial charge in [-0.25, -0.2) is 4.52 Å². The molecule has 0 bridgehead atoms. The largest absolute Gasteiger partial charge is 0.347 e. The molecule has 0 unspecified atom stereocenters. The number of pyridine rings is 1. The lowest BCUT2D eigenvalue weighted by atomic mass is 10.4. The van der Waals surface area contributed by atoms with Gasteiger partial charge in [-0.3, -0.25) is 4.68 Å². The van der Waals surface area contributed by atoms with E-state index in [1.165, 1.54) is 0 Å².